The summed E-state index contributed by atoms with van der Waals surface area (Å²) in [5.74, 6) is -1.11. The first-order valence-corrected chi connectivity index (χ1v) is 3.75. The zero-order valence-electron chi connectivity index (χ0n) is 6.03. The molecule has 2 rings (SSSR count). The summed E-state index contributed by atoms with van der Waals surface area (Å²) in [6.07, 6.45) is 1.36. The van der Waals surface area contributed by atoms with Gasteiger partial charge in [-0.3, -0.25) is 4.79 Å². The molecule has 0 aromatic rings. The Morgan fingerprint density at radius 1 is 1.36 bits per heavy atom. The number of hydrogen-bond donors (Lipinski definition) is 1. The minimum Gasteiger partial charge on any atom is -0.481 e. The van der Waals surface area contributed by atoms with Gasteiger partial charge in [0.1, 0.15) is 6.79 Å². The van der Waals surface area contributed by atoms with Crippen LogP contribution in [0.3, 0.4) is 0 Å². The lowest BCUT2D eigenvalue weighted by molar-refractivity contribution is -0.145. The van der Waals surface area contributed by atoms with Crippen molar-refractivity contribution in [1.82, 2.24) is 0 Å². The molecule has 1 N–H and O–H groups in total. The van der Waals surface area contributed by atoms with Crippen LogP contribution in [0.5, 0.6) is 0 Å². The molecule has 1 saturated carbocycles. The molecule has 62 valence electrons. The van der Waals surface area contributed by atoms with E-state index in [0.717, 1.165) is 6.42 Å². The third-order valence-corrected chi connectivity index (χ3v) is 2.39. The minimum atomic E-state index is -0.761. The quantitative estimate of drug-likeness (QED) is 0.593. The maximum absolute atomic E-state index is 10.6. The third-order valence-electron chi connectivity index (χ3n) is 2.39. The first-order chi connectivity index (χ1) is 5.29. The first kappa shape index (κ1) is 7.06. The van der Waals surface area contributed by atoms with E-state index in [1.807, 2.05) is 0 Å². The predicted octanol–water partition coefficient (Wildman–Crippen LogP) is 0.222. The lowest BCUT2D eigenvalue weighted by Gasteiger charge is -2.10. The Balaban J connectivity index is 2.08. The summed E-state index contributed by atoms with van der Waals surface area (Å²) in [4.78, 5) is 10.6. The predicted molar refractivity (Wildman–Crippen MR) is 35.0 cm³/mol. The van der Waals surface area contributed by atoms with Crippen LogP contribution < -0.4 is 0 Å². The summed E-state index contributed by atoms with van der Waals surface area (Å²) in [5.41, 5.74) is 0. The van der Waals surface area contributed by atoms with Crippen LogP contribution in [0.25, 0.3) is 0 Å². The smallest absolute Gasteiger partial charge is 0.309 e. The largest absolute Gasteiger partial charge is 0.481 e. The van der Waals surface area contributed by atoms with Crippen molar-refractivity contribution in [3.05, 3.63) is 0 Å². The van der Waals surface area contributed by atoms with Gasteiger partial charge in [-0.25, -0.2) is 0 Å². The van der Waals surface area contributed by atoms with Gasteiger partial charge in [0.2, 0.25) is 0 Å². The van der Waals surface area contributed by atoms with Gasteiger partial charge in [-0.1, -0.05) is 0 Å². The Kier molecular flexibility index (Phi) is 1.58. The standard InChI is InChI=1S/C7H10O4/c8-7(9)4-1-2-5-6(4)11-3-10-5/h4-6H,1-3H2,(H,8,9). The highest BCUT2D eigenvalue weighted by molar-refractivity contribution is 5.71. The van der Waals surface area contributed by atoms with E-state index < -0.39 is 5.97 Å². The van der Waals surface area contributed by atoms with E-state index in [9.17, 15) is 4.79 Å². The molecule has 0 aromatic heterocycles. The van der Waals surface area contributed by atoms with E-state index >= 15 is 0 Å². The molecule has 1 saturated heterocycles. The molecule has 2 fully saturated rings. The molecule has 0 spiro atoms. The van der Waals surface area contributed by atoms with E-state index in [-0.39, 0.29) is 24.9 Å². The Labute approximate surface area is 64.1 Å². The number of ether oxygens (including phenoxy) is 2. The van der Waals surface area contributed by atoms with Crippen molar-refractivity contribution < 1.29 is 19.4 Å². The Morgan fingerprint density at radius 3 is 2.91 bits per heavy atom. The Morgan fingerprint density at radius 2 is 2.18 bits per heavy atom. The fourth-order valence-corrected chi connectivity index (χ4v) is 1.80. The van der Waals surface area contributed by atoms with Gasteiger partial charge in [-0.05, 0) is 12.8 Å². The Hall–Kier alpha value is -0.610. The molecule has 11 heavy (non-hydrogen) atoms. The van der Waals surface area contributed by atoms with Gasteiger partial charge >= 0.3 is 5.97 Å². The van der Waals surface area contributed by atoms with Crippen LogP contribution in [-0.2, 0) is 14.3 Å². The van der Waals surface area contributed by atoms with E-state index in [1.54, 1.807) is 0 Å². The summed E-state index contributed by atoms with van der Waals surface area (Å²) >= 11 is 0. The van der Waals surface area contributed by atoms with Crippen LogP contribution in [0.4, 0.5) is 0 Å². The van der Waals surface area contributed by atoms with Gasteiger partial charge < -0.3 is 14.6 Å². The van der Waals surface area contributed by atoms with Crippen LogP contribution in [0.15, 0.2) is 0 Å². The van der Waals surface area contributed by atoms with Crippen molar-refractivity contribution in [1.29, 1.82) is 0 Å². The van der Waals surface area contributed by atoms with Crippen LogP contribution in [0, 0.1) is 5.92 Å². The van der Waals surface area contributed by atoms with Crippen molar-refractivity contribution in [2.24, 2.45) is 5.92 Å². The number of carboxylic acids is 1. The fourth-order valence-electron chi connectivity index (χ4n) is 1.80. The molecule has 2 aliphatic rings. The molecule has 4 heteroatoms. The molecule has 3 atom stereocenters. The van der Waals surface area contributed by atoms with Gasteiger partial charge in [-0.2, -0.15) is 0 Å². The molecule has 4 nitrogen and oxygen atoms in total. The highest BCUT2D eigenvalue weighted by Gasteiger charge is 2.45. The first-order valence-electron chi connectivity index (χ1n) is 3.75. The van der Waals surface area contributed by atoms with Gasteiger partial charge in [0.25, 0.3) is 0 Å². The van der Waals surface area contributed by atoms with Crippen LogP contribution in [-0.4, -0.2) is 30.1 Å². The zero-order valence-corrected chi connectivity index (χ0v) is 6.03. The Bertz CT molecular complexity index is 179. The number of carbonyl (C=O) groups is 1. The van der Waals surface area contributed by atoms with Crippen molar-refractivity contribution in [2.75, 3.05) is 6.79 Å². The monoisotopic (exact) mass is 158 g/mol. The lowest BCUT2D eigenvalue weighted by atomic mass is 10.1. The summed E-state index contributed by atoms with van der Waals surface area (Å²) in [6.45, 7) is 0.263. The van der Waals surface area contributed by atoms with E-state index in [1.165, 1.54) is 0 Å². The number of rotatable bonds is 1. The van der Waals surface area contributed by atoms with Crippen LogP contribution in [0.2, 0.25) is 0 Å². The molecule has 0 radical (unpaired) electrons. The number of aliphatic carboxylic acids is 1. The maximum Gasteiger partial charge on any atom is 0.309 e. The molecular formula is C7H10O4. The highest BCUT2D eigenvalue weighted by Crippen LogP contribution is 2.34. The SMILES string of the molecule is O=C(O)C1CCC2OCOC21. The summed E-state index contributed by atoms with van der Waals surface area (Å²) in [7, 11) is 0. The fraction of sp³-hybridized carbons (Fsp3) is 0.857. The molecule has 0 amide bonds. The highest BCUT2D eigenvalue weighted by atomic mass is 16.7. The molecule has 1 aliphatic carbocycles. The maximum atomic E-state index is 10.6. The normalized spacial score (nSPS) is 42.4. The summed E-state index contributed by atoms with van der Waals surface area (Å²) < 4.78 is 10.3. The molecular weight excluding hydrogens is 148 g/mol. The van der Waals surface area contributed by atoms with Crippen molar-refractivity contribution in [3.8, 4) is 0 Å². The van der Waals surface area contributed by atoms with Gasteiger partial charge in [0.15, 0.2) is 0 Å². The molecule has 1 heterocycles. The van der Waals surface area contributed by atoms with Crippen LogP contribution in [0.1, 0.15) is 12.8 Å². The van der Waals surface area contributed by atoms with E-state index in [0.29, 0.717) is 6.42 Å². The number of fused-ring (bicyclic) bond motifs is 1. The third kappa shape index (κ3) is 1.02. The van der Waals surface area contributed by atoms with E-state index in [4.69, 9.17) is 14.6 Å². The number of carboxylic acid groups (broad SMARTS) is 1. The lowest BCUT2D eigenvalue weighted by Crippen LogP contribution is -2.27. The topological polar surface area (TPSA) is 55.8 Å². The number of hydrogen-bond acceptors (Lipinski definition) is 3. The van der Waals surface area contributed by atoms with Gasteiger partial charge in [0.05, 0.1) is 18.1 Å². The minimum absolute atomic E-state index is 0.0381. The molecule has 3 unspecified atom stereocenters. The van der Waals surface area contributed by atoms with Gasteiger partial charge in [0, 0.05) is 0 Å². The average Bonchev–Trinajstić information content (AvgIpc) is 2.41. The van der Waals surface area contributed by atoms with Crippen LogP contribution >= 0.6 is 0 Å². The molecule has 1 aliphatic heterocycles. The second-order valence-electron chi connectivity index (χ2n) is 2.98. The zero-order chi connectivity index (χ0) is 7.84. The van der Waals surface area contributed by atoms with Crippen molar-refractivity contribution >= 4 is 5.97 Å². The molecule has 0 bridgehead atoms. The molecule has 0 aromatic carbocycles. The van der Waals surface area contributed by atoms with E-state index in [2.05, 4.69) is 0 Å². The van der Waals surface area contributed by atoms with Crippen molar-refractivity contribution in [3.63, 3.8) is 0 Å². The van der Waals surface area contributed by atoms with Crippen molar-refractivity contribution in [2.45, 2.75) is 25.0 Å². The second-order valence-corrected chi connectivity index (χ2v) is 2.98. The average molecular weight is 158 g/mol. The summed E-state index contributed by atoms with van der Waals surface area (Å²) in [5, 5.41) is 8.72. The summed E-state index contributed by atoms with van der Waals surface area (Å²) in [6, 6.07) is 0. The van der Waals surface area contributed by atoms with Gasteiger partial charge in [-0.15, -0.1) is 0 Å². The second kappa shape index (κ2) is 2.46.